The van der Waals surface area contributed by atoms with Crippen molar-refractivity contribution >= 4 is 69.7 Å². The van der Waals surface area contributed by atoms with E-state index in [9.17, 15) is 26.8 Å². The molecule has 1 aromatic carbocycles. The number of hydrogen-bond donors (Lipinski definition) is 1. The smallest absolute Gasteiger partial charge is 0.424 e. The monoisotopic (exact) mass is 542 g/mol. The molecule has 1 N–H and O–H groups in total. The van der Waals surface area contributed by atoms with Gasteiger partial charge < -0.3 is 4.74 Å². The van der Waals surface area contributed by atoms with Crippen molar-refractivity contribution in [1.82, 2.24) is 0 Å². The Kier molecular flexibility index (Phi) is 6.84. The lowest BCUT2D eigenvalue weighted by Gasteiger charge is -2.12. The normalized spacial score (nSPS) is 12.1. The molecular weight excluding hydrogens is 538 g/mol. The Bertz CT molecular complexity index is 727. The molecule has 0 radical (unpaired) electrons. The third-order valence-electron chi connectivity index (χ3n) is 2.38. The summed E-state index contributed by atoms with van der Waals surface area (Å²) < 4.78 is 61.5. The first-order chi connectivity index (χ1) is 10.4. The van der Waals surface area contributed by atoms with E-state index in [0.29, 0.717) is 13.4 Å². The minimum atomic E-state index is -5.88. The highest BCUT2D eigenvalue weighted by atomic mass is 79.9. The maximum Gasteiger partial charge on any atom is 0.426 e. The lowest BCUT2D eigenvalue weighted by molar-refractivity contribution is -0.140. The van der Waals surface area contributed by atoms with Crippen molar-refractivity contribution in [3.05, 3.63) is 25.6 Å². The first-order valence-corrected chi connectivity index (χ1v) is 9.41. The van der Waals surface area contributed by atoms with Gasteiger partial charge in [0, 0.05) is 10.9 Å². The topological polar surface area (TPSA) is 97.7 Å². The molecule has 0 saturated heterocycles. The lowest BCUT2D eigenvalue weighted by Crippen LogP contribution is -2.37. The van der Waals surface area contributed by atoms with Crippen molar-refractivity contribution in [2.75, 3.05) is 0 Å². The second-order valence-electron chi connectivity index (χ2n) is 4.09. The van der Waals surface area contributed by atoms with Gasteiger partial charge in [-0.25, -0.2) is 0 Å². The summed E-state index contributed by atoms with van der Waals surface area (Å²) in [6.45, 7) is 0. The lowest BCUT2D eigenvalue weighted by atomic mass is 10.2. The average Bonchev–Trinajstić information content (AvgIpc) is 2.38. The Morgan fingerprint density at radius 2 is 1.61 bits per heavy atom. The van der Waals surface area contributed by atoms with Gasteiger partial charge in [0.2, 0.25) is 5.78 Å². The van der Waals surface area contributed by atoms with E-state index in [1.165, 1.54) is 0 Å². The number of alkyl halides is 2. The predicted octanol–water partition coefficient (Wildman–Crippen LogP) is 3.71. The van der Waals surface area contributed by atoms with E-state index in [4.69, 9.17) is 9.29 Å². The molecule has 128 valence electrons. The number of rotatable bonds is 6. The summed E-state index contributed by atoms with van der Waals surface area (Å²) in [5, 5.41) is -4.97. The van der Waals surface area contributed by atoms with Crippen molar-refractivity contribution < 1.29 is 36.1 Å². The molecular formula is C11H7Br3F2O6S. The van der Waals surface area contributed by atoms with E-state index in [2.05, 4.69) is 47.8 Å². The van der Waals surface area contributed by atoms with Crippen LogP contribution in [0.4, 0.5) is 8.78 Å². The largest absolute Gasteiger partial charge is 0.426 e. The van der Waals surface area contributed by atoms with Crippen molar-refractivity contribution in [3.8, 4) is 5.75 Å². The number of esters is 1. The number of carbonyl (C=O) groups is 2. The van der Waals surface area contributed by atoms with Gasteiger partial charge in [-0.1, -0.05) is 15.9 Å². The molecule has 0 heterocycles. The van der Waals surface area contributed by atoms with Crippen LogP contribution in [0.25, 0.3) is 0 Å². The van der Waals surface area contributed by atoms with Gasteiger partial charge in [0.25, 0.3) is 0 Å². The summed E-state index contributed by atoms with van der Waals surface area (Å²) in [5.41, 5.74) is 0. The minimum absolute atomic E-state index is 0.0622. The fourth-order valence-corrected chi connectivity index (χ4v) is 4.11. The molecule has 0 aliphatic heterocycles. The molecule has 0 saturated carbocycles. The van der Waals surface area contributed by atoms with E-state index in [0.717, 1.165) is 0 Å². The second kappa shape index (κ2) is 7.64. The third-order valence-corrected chi connectivity index (χ3v) is 4.90. The SMILES string of the molecule is O=C(CCC(=O)C(F)(F)S(=O)(=O)O)Oc1c(Br)cc(Br)cc1Br. The van der Waals surface area contributed by atoms with Gasteiger partial charge in [0.05, 0.1) is 15.4 Å². The first-order valence-electron chi connectivity index (χ1n) is 5.59. The quantitative estimate of drug-likeness (QED) is 0.333. The Balaban J connectivity index is 2.75. The van der Waals surface area contributed by atoms with Gasteiger partial charge in [-0.15, -0.1) is 0 Å². The van der Waals surface area contributed by atoms with Crippen LogP contribution in [0.3, 0.4) is 0 Å². The highest BCUT2D eigenvalue weighted by Crippen LogP contribution is 2.36. The molecule has 23 heavy (non-hydrogen) atoms. The molecule has 1 aromatic rings. The Labute approximate surface area is 154 Å². The summed E-state index contributed by atoms with van der Waals surface area (Å²) in [6.07, 6.45) is -1.91. The zero-order valence-electron chi connectivity index (χ0n) is 10.9. The van der Waals surface area contributed by atoms with Crippen LogP contribution >= 0.6 is 47.8 Å². The standard InChI is InChI=1S/C11H7Br3F2O6S/c12-5-3-6(13)10(7(14)4-5)22-9(18)2-1-8(17)11(15,16)23(19,20)21/h3-4H,1-2H2,(H,19,20,21). The van der Waals surface area contributed by atoms with Crippen molar-refractivity contribution in [3.63, 3.8) is 0 Å². The van der Waals surface area contributed by atoms with Gasteiger partial charge in [-0.3, -0.25) is 14.1 Å². The summed E-state index contributed by atoms with van der Waals surface area (Å²) >= 11 is 9.45. The van der Waals surface area contributed by atoms with Gasteiger partial charge in [0.1, 0.15) is 0 Å². The number of Topliss-reactive ketones (excluding diaryl/α,β-unsaturated/α-hetero) is 1. The van der Waals surface area contributed by atoms with Crippen LogP contribution in [-0.2, 0) is 19.7 Å². The van der Waals surface area contributed by atoms with Crippen LogP contribution in [0, 0.1) is 0 Å². The zero-order valence-corrected chi connectivity index (χ0v) is 16.4. The van der Waals surface area contributed by atoms with E-state index >= 15 is 0 Å². The fourth-order valence-electron chi connectivity index (χ4n) is 1.30. The number of ketones is 1. The van der Waals surface area contributed by atoms with Crippen LogP contribution in [0.5, 0.6) is 5.75 Å². The van der Waals surface area contributed by atoms with Gasteiger partial charge in [0.15, 0.2) is 5.75 Å². The number of carbonyl (C=O) groups excluding carboxylic acids is 2. The molecule has 12 heteroatoms. The molecule has 1 rings (SSSR count). The minimum Gasteiger partial charge on any atom is -0.424 e. The maximum atomic E-state index is 13.0. The van der Waals surface area contributed by atoms with E-state index < -0.39 is 40.0 Å². The van der Waals surface area contributed by atoms with E-state index in [1.807, 2.05) is 0 Å². The molecule has 0 fully saturated rings. The summed E-state index contributed by atoms with van der Waals surface area (Å²) in [4.78, 5) is 22.7. The Morgan fingerprint density at radius 1 is 1.13 bits per heavy atom. The zero-order chi connectivity index (χ0) is 18.0. The summed E-state index contributed by atoms with van der Waals surface area (Å²) in [5.74, 6) is -3.08. The molecule has 0 atom stereocenters. The average molecular weight is 545 g/mol. The fraction of sp³-hybridized carbons (Fsp3) is 0.273. The van der Waals surface area contributed by atoms with Gasteiger partial charge >= 0.3 is 21.3 Å². The van der Waals surface area contributed by atoms with Crippen LogP contribution in [0.2, 0.25) is 0 Å². The summed E-state index contributed by atoms with van der Waals surface area (Å²) in [6, 6.07) is 3.12. The molecule has 6 nitrogen and oxygen atoms in total. The van der Waals surface area contributed by atoms with Gasteiger partial charge in [-0.2, -0.15) is 17.2 Å². The van der Waals surface area contributed by atoms with Crippen LogP contribution in [0.1, 0.15) is 12.8 Å². The highest BCUT2D eigenvalue weighted by Gasteiger charge is 2.51. The molecule has 0 aliphatic rings. The summed E-state index contributed by atoms with van der Waals surface area (Å²) in [7, 11) is -5.88. The van der Waals surface area contributed by atoms with Crippen molar-refractivity contribution in [2.45, 2.75) is 18.1 Å². The Morgan fingerprint density at radius 3 is 2.04 bits per heavy atom. The third kappa shape index (κ3) is 5.28. The van der Waals surface area contributed by atoms with Crippen LogP contribution in [-0.4, -0.2) is 30.0 Å². The number of hydrogen-bond acceptors (Lipinski definition) is 5. The van der Waals surface area contributed by atoms with E-state index in [-0.39, 0.29) is 5.75 Å². The molecule has 0 spiro atoms. The highest BCUT2D eigenvalue weighted by molar-refractivity contribution is 9.11. The molecule has 0 aromatic heterocycles. The predicted molar refractivity (Wildman–Crippen MR) is 85.9 cm³/mol. The van der Waals surface area contributed by atoms with E-state index in [1.54, 1.807) is 12.1 Å². The number of halogens is 5. The number of ether oxygens (including phenoxy) is 1. The molecule has 0 bridgehead atoms. The number of benzene rings is 1. The van der Waals surface area contributed by atoms with Crippen molar-refractivity contribution in [2.24, 2.45) is 0 Å². The van der Waals surface area contributed by atoms with Crippen LogP contribution in [0.15, 0.2) is 25.6 Å². The first kappa shape index (κ1) is 20.6. The molecule has 0 amide bonds. The van der Waals surface area contributed by atoms with Crippen molar-refractivity contribution in [1.29, 1.82) is 0 Å². The molecule has 0 unspecified atom stereocenters. The maximum absolute atomic E-state index is 13.0. The Hall–Kier alpha value is -0.430. The van der Waals surface area contributed by atoms with Crippen LogP contribution < -0.4 is 4.74 Å². The second-order valence-corrected chi connectivity index (χ2v) is 8.17. The van der Waals surface area contributed by atoms with Gasteiger partial charge in [-0.05, 0) is 44.0 Å². The molecule has 0 aliphatic carbocycles.